The van der Waals surface area contributed by atoms with Crippen molar-refractivity contribution in [2.75, 3.05) is 6.61 Å². The lowest BCUT2D eigenvalue weighted by Crippen LogP contribution is -2.36. The fraction of sp³-hybridized carbons (Fsp3) is 0.350. The van der Waals surface area contributed by atoms with E-state index < -0.39 is 6.10 Å². The number of para-hydroxylation sites is 1. The van der Waals surface area contributed by atoms with Crippen molar-refractivity contribution in [3.8, 4) is 11.5 Å². The maximum atomic E-state index is 12.2. The zero-order valence-electron chi connectivity index (χ0n) is 14.5. The monoisotopic (exact) mass is 327 g/mol. The van der Waals surface area contributed by atoms with Crippen molar-refractivity contribution in [3.63, 3.8) is 0 Å². The van der Waals surface area contributed by atoms with Gasteiger partial charge in [-0.25, -0.2) is 0 Å². The summed E-state index contributed by atoms with van der Waals surface area (Å²) in [5, 5.41) is 2.90. The van der Waals surface area contributed by atoms with Crippen molar-refractivity contribution in [2.24, 2.45) is 0 Å². The van der Waals surface area contributed by atoms with E-state index in [1.165, 1.54) is 0 Å². The summed E-state index contributed by atoms with van der Waals surface area (Å²) in [6.45, 7) is 6.89. The number of amides is 1. The van der Waals surface area contributed by atoms with Crippen molar-refractivity contribution >= 4 is 5.91 Å². The van der Waals surface area contributed by atoms with Gasteiger partial charge in [-0.1, -0.05) is 37.3 Å². The average molecular weight is 327 g/mol. The third-order valence-corrected chi connectivity index (χ3v) is 3.73. The van der Waals surface area contributed by atoms with E-state index in [1.807, 2.05) is 55.5 Å². The summed E-state index contributed by atoms with van der Waals surface area (Å²) < 4.78 is 11.2. The third kappa shape index (κ3) is 5.01. The van der Waals surface area contributed by atoms with E-state index in [-0.39, 0.29) is 5.91 Å². The molecule has 2 aromatic rings. The second-order valence-electron chi connectivity index (χ2n) is 5.52. The summed E-state index contributed by atoms with van der Waals surface area (Å²) in [4.78, 5) is 12.2. The van der Waals surface area contributed by atoms with Crippen LogP contribution in [0.4, 0.5) is 0 Å². The molecule has 128 valence electrons. The van der Waals surface area contributed by atoms with E-state index in [0.717, 1.165) is 29.0 Å². The SMILES string of the molecule is CCOc1ccc(CNC(=O)[C@@H](C)Oc2ccccc2CC)cc1. The Kier molecular flexibility index (Phi) is 6.67. The van der Waals surface area contributed by atoms with Gasteiger partial charge in [-0.3, -0.25) is 4.79 Å². The smallest absolute Gasteiger partial charge is 0.261 e. The van der Waals surface area contributed by atoms with Crippen molar-refractivity contribution in [2.45, 2.75) is 39.8 Å². The number of carbonyl (C=O) groups excluding carboxylic acids is 1. The van der Waals surface area contributed by atoms with Crippen LogP contribution >= 0.6 is 0 Å². The predicted octanol–water partition coefficient (Wildman–Crippen LogP) is 3.73. The summed E-state index contributed by atoms with van der Waals surface area (Å²) in [6.07, 6.45) is 0.330. The Balaban J connectivity index is 1.87. The van der Waals surface area contributed by atoms with Gasteiger partial charge in [0.05, 0.1) is 6.61 Å². The van der Waals surface area contributed by atoms with Crippen molar-refractivity contribution < 1.29 is 14.3 Å². The number of hydrogen-bond acceptors (Lipinski definition) is 3. The molecule has 4 nitrogen and oxygen atoms in total. The minimum Gasteiger partial charge on any atom is -0.494 e. The molecule has 0 bridgehead atoms. The lowest BCUT2D eigenvalue weighted by molar-refractivity contribution is -0.127. The number of rotatable bonds is 8. The quantitative estimate of drug-likeness (QED) is 0.803. The third-order valence-electron chi connectivity index (χ3n) is 3.73. The molecule has 1 amide bonds. The highest BCUT2D eigenvalue weighted by Crippen LogP contribution is 2.19. The second-order valence-corrected chi connectivity index (χ2v) is 5.52. The minimum atomic E-state index is -0.541. The summed E-state index contributed by atoms with van der Waals surface area (Å²) in [5.41, 5.74) is 2.12. The van der Waals surface area contributed by atoms with E-state index >= 15 is 0 Å². The molecule has 0 aliphatic carbocycles. The zero-order valence-corrected chi connectivity index (χ0v) is 14.5. The largest absolute Gasteiger partial charge is 0.494 e. The van der Waals surface area contributed by atoms with Crippen LogP contribution in [0.2, 0.25) is 0 Å². The van der Waals surface area contributed by atoms with Gasteiger partial charge in [0.15, 0.2) is 6.10 Å². The standard InChI is InChI=1S/C20H25NO3/c1-4-17-8-6-7-9-19(17)24-15(3)20(22)21-14-16-10-12-18(13-11-16)23-5-2/h6-13,15H,4-5,14H2,1-3H3,(H,21,22)/t15-/m1/s1. The molecule has 0 fully saturated rings. The van der Waals surface area contributed by atoms with Crippen LogP contribution in [0.1, 0.15) is 31.9 Å². The minimum absolute atomic E-state index is 0.130. The molecule has 24 heavy (non-hydrogen) atoms. The zero-order chi connectivity index (χ0) is 17.4. The first-order valence-corrected chi connectivity index (χ1v) is 8.38. The number of hydrogen-bond donors (Lipinski definition) is 1. The van der Waals surface area contributed by atoms with Gasteiger partial charge in [0, 0.05) is 6.54 Å². The van der Waals surface area contributed by atoms with Crippen LogP contribution in [0.25, 0.3) is 0 Å². The molecule has 0 aliphatic heterocycles. The van der Waals surface area contributed by atoms with Crippen molar-refractivity contribution in [3.05, 3.63) is 59.7 Å². The first-order valence-electron chi connectivity index (χ1n) is 8.38. The van der Waals surface area contributed by atoms with E-state index in [4.69, 9.17) is 9.47 Å². The van der Waals surface area contributed by atoms with E-state index in [1.54, 1.807) is 6.92 Å². The molecular weight excluding hydrogens is 302 g/mol. The van der Waals surface area contributed by atoms with Crippen molar-refractivity contribution in [1.82, 2.24) is 5.32 Å². The number of aryl methyl sites for hydroxylation is 1. The molecule has 1 atom stereocenters. The van der Waals surface area contributed by atoms with E-state index in [9.17, 15) is 4.79 Å². The number of benzene rings is 2. The molecule has 0 aromatic heterocycles. The highest BCUT2D eigenvalue weighted by atomic mass is 16.5. The van der Waals surface area contributed by atoms with Crippen LogP contribution in [0, 0.1) is 0 Å². The molecule has 0 saturated carbocycles. The van der Waals surface area contributed by atoms with Crippen LogP contribution < -0.4 is 14.8 Å². The van der Waals surface area contributed by atoms with Gasteiger partial charge in [-0.15, -0.1) is 0 Å². The van der Waals surface area contributed by atoms with Crippen LogP contribution in [0.3, 0.4) is 0 Å². The summed E-state index contributed by atoms with van der Waals surface area (Å²) in [7, 11) is 0. The average Bonchev–Trinajstić information content (AvgIpc) is 2.61. The second kappa shape index (κ2) is 8.96. The Morgan fingerprint density at radius 3 is 2.46 bits per heavy atom. The highest BCUT2D eigenvalue weighted by molar-refractivity contribution is 5.80. The fourth-order valence-corrected chi connectivity index (χ4v) is 2.36. The molecule has 0 saturated heterocycles. The van der Waals surface area contributed by atoms with Gasteiger partial charge in [-0.05, 0) is 49.6 Å². The molecule has 2 aromatic carbocycles. The Hall–Kier alpha value is -2.49. The normalized spacial score (nSPS) is 11.6. The molecule has 0 radical (unpaired) electrons. The van der Waals surface area contributed by atoms with E-state index in [0.29, 0.717) is 13.2 Å². The summed E-state index contributed by atoms with van der Waals surface area (Å²) in [6, 6.07) is 15.5. The first-order chi connectivity index (χ1) is 11.6. The van der Waals surface area contributed by atoms with Crippen LogP contribution in [-0.2, 0) is 17.8 Å². The molecule has 0 heterocycles. The molecule has 2 rings (SSSR count). The van der Waals surface area contributed by atoms with Gasteiger partial charge >= 0.3 is 0 Å². The Labute approximate surface area is 143 Å². The molecule has 1 N–H and O–H groups in total. The molecular formula is C20H25NO3. The Morgan fingerprint density at radius 1 is 1.08 bits per heavy atom. The molecule has 0 unspecified atom stereocenters. The van der Waals surface area contributed by atoms with Gasteiger partial charge in [0.2, 0.25) is 0 Å². The highest BCUT2D eigenvalue weighted by Gasteiger charge is 2.15. The van der Waals surface area contributed by atoms with Crippen LogP contribution in [0.15, 0.2) is 48.5 Å². The number of carbonyl (C=O) groups is 1. The lowest BCUT2D eigenvalue weighted by Gasteiger charge is -2.17. The van der Waals surface area contributed by atoms with Gasteiger partial charge in [-0.2, -0.15) is 0 Å². The summed E-state index contributed by atoms with van der Waals surface area (Å²) in [5.74, 6) is 1.47. The maximum absolute atomic E-state index is 12.2. The van der Waals surface area contributed by atoms with Crippen LogP contribution in [0.5, 0.6) is 11.5 Å². The molecule has 4 heteroatoms. The lowest BCUT2D eigenvalue weighted by atomic mass is 10.1. The van der Waals surface area contributed by atoms with E-state index in [2.05, 4.69) is 12.2 Å². The van der Waals surface area contributed by atoms with Crippen LogP contribution in [-0.4, -0.2) is 18.6 Å². The summed E-state index contributed by atoms with van der Waals surface area (Å²) >= 11 is 0. The molecule has 0 aliphatic rings. The molecule has 0 spiro atoms. The first kappa shape index (κ1) is 17.9. The van der Waals surface area contributed by atoms with Gasteiger partial charge in [0.25, 0.3) is 5.91 Å². The Morgan fingerprint density at radius 2 is 1.79 bits per heavy atom. The van der Waals surface area contributed by atoms with Crippen molar-refractivity contribution in [1.29, 1.82) is 0 Å². The maximum Gasteiger partial charge on any atom is 0.261 e. The van der Waals surface area contributed by atoms with Gasteiger partial charge in [0.1, 0.15) is 11.5 Å². The Bertz CT molecular complexity index is 652. The predicted molar refractivity (Wildman–Crippen MR) is 95.4 cm³/mol. The number of nitrogens with one attached hydrogen (secondary N) is 1. The topological polar surface area (TPSA) is 47.6 Å². The number of ether oxygens (including phenoxy) is 2. The van der Waals surface area contributed by atoms with Gasteiger partial charge < -0.3 is 14.8 Å². The fourth-order valence-electron chi connectivity index (χ4n) is 2.36.